The van der Waals surface area contributed by atoms with Crippen LogP contribution >= 0.6 is 0 Å². The van der Waals surface area contributed by atoms with Gasteiger partial charge in [-0.2, -0.15) is 0 Å². The normalized spacial score (nSPS) is 13.3. The molecule has 0 aliphatic heterocycles. The van der Waals surface area contributed by atoms with E-state index in [9.17, 15) is 0 Å². The maximum atomic E-state index is 8.93. The van der Waals surface area contributed by atoms with Gasteiger partial charge < -0.3 is 23.5 Å². The third kappa shape index (κ3) is 10.7. The zero-order chi connectivity index (χ0) is 15.2. The summed E-state index contributed by atoms with van der Waals surface area (Å²) in [5.41, 5.74) is 0. The molecular formula is C13H30NO5Si. The molecule has 0 fully saturated rings. The largest absolute Gasteiger partial charge is 0.577 e. The quantitative estimate of drug-likeness (QED) is 0.456. The van der Waals surface area contributed by atoms with Crippen LogP contribution in [0.5, 0.6) is 0 Å². The fourth-order valence-electron chi connectivity index (χ4n) is 1.79. The Morgan fingerprint density at radius 1 is 1.00 bits per heavy atom. The highest BCUT2D eigenvalue weighted by Gasteiger charge is 2.21. The van der Waals surface area contributed by atoms with Crippen LogP contribution in [0.3, 0.4) is 0 Å². The standard InChI is InChI=1S/C13H30NO5Si/c1-4-17-20(18-5-2)19-13(3)7-6-8-14(9-11-15)10-12-16/h13,15-16H,4-12H2,1-3H3. The number of nitrogens with zero attached hydrogens (tertiary/aromatic N) is 1. The molecule has 0 aromatic heterocycles. The lowest BCUT2D eigenvalue weighted by molar-refractivity contribution is 0.0641. The first-order valence-electron chi connectivity index (χ1n) is 7.41. The summed E-state index contributed by atoms with van der Waals surface area (Å²) < 4.78 is 16.7. The molecule has 0 aliphatic carbocycles. The van der Waals surface area contributed by atoms with Crippen molar-refractivity contribution in [3.63, 3.8) is 0 Å². The Morgan fingerprint density at radius 3 is 2.00 bits per heavy atom. The van der Waals surface area contributed by atoms with Gasteiger partial charge in [-0.1, -0.05) is 0 Å². The molecule has 20 heavy (non-hydrogen) atoms. The van der Waals surface area contributed by atoms with Crippen molar-refractivity contribution < 1.29 is 23.5 Å². The molecule has 0 amide bonds. The number of hydrogen-bond donors (Lipinski definition) is 2. The van der Waals surface area contributed by atoms with Crippen molar-refractivity contribution in [2.45, 2.75) is 39.7 Å². The third-order valence-electron chi connectivity index (χ3n) is 2.74. The first-order chi connectivity index (χ1) is 9.67. The molecular weight excluding hydrogens is 278 g/mol. The van der Waals surface area contributed by atoms with E-state index in [4.69, 9.17) is 23.5 Å². The van der Waals surface area contributed by atoms with E-state index in [-0.39, 0.29) is 19.3 Å². The number of hydrogen-bond acceptors (Lipinski definition) is 6. The molecule has 0 saturated heterocycles. The van der Waals surface area contributed by atoms with E-state index in [1.807, 2.05) is 25.7 Å². The molecule has 1 radical (unpaired) electrons. The second kappa shape index (κ2) is 13.9. The second-order valence-corrected chi connectivity index (χ2v) is 5.79. The summed E-state index contributed by atoms with van der Waals surface area (Å²) in [6, 6.07) is 0. The van der Waals surface area contributed by atoms with Gasteiger partial charge >= 0.3 is 9.53 Å². The minimum absolute atomic E-state index is 0.0899. The zero-order valence-electron chi connectivity index (χ0n) is 13.0. The van der Waals surface area contributed by atoms with Crippen molar-refractivity contribution in [2.24, 2.45) is 0 Å². The van der Waals surface area contributed by atoms with E-state index in [0.29, 0.717) is 26.3 Å². The maximum Gasteiger partial charge on any atom is 0.577 e. The average Bonchev–Trinajstić information content (AvgIpc) is 2.39. The van der Waals surface area contributed by atoms with E-state index < -0.39 is 9.53 Å². The van der Waals surface area contributed by atoms with Crippen LogP contribution in [-0.4, -0.2) is 76.8 Å². The van der Waals surface area contributed by atoms with Gasteiger partial charge in [0.25, 0.3) is 0 Å². The number of rotatable bonds is 14. The monoisotopic (exact) mass is 308 g/mol. The highest BCUT2D eigenvalue weighted by molar-refractivity contribution is 6.36. The summed E-state index contributed by atoms with van der Waals surface area (Å²) in [6.07, 6.45) is 1.95. The molecule has 0 aromatic rings. The van der Waals surface area contributed by atoms with Gasteiger partial charge in [-0.15, -0.1) is 0 Å². The van der Waals surface area contributed by atoms with E-state index in [1.165, 1.54) is 0 Å². The average molecular weight is 308 g/mol. The molecule has 2 N–H and O–H groups in total. The Bertz CT molecular complexity index is 199. The van der Waals surface area contributed by atoms with Crippen LogP contribution in [0.1, 0.15) is 33.6 Å². The Balaban J connectivity index is 3.85. The summed E-state index contributed by atoms with van der Waals surface area (Å²) in [4.78, 5) is 2.05. The molecule has 0 spiro atoms. The topological polar surface area (TPSA) is 71.4 Å². The number of aliphatic hydroxyl groups is 2. The number of aliphatic hydroxyl groups excluding tert-OH is 2. The molecule has 0 saturated carbocycles. The van der Waals surface area contributed by atoms with Crippen molar-refractivity contribution >= 4 is 9.53 Å². The summed E-state index contributed by atoms with van der Waals surface area (Å²) >= 11 is 0. The molecule has 0 bridgehead atoms. The molecule has 0 aromatic carbocycles. The second-order valence-electron chi connectivity index (χ2n) is 4.48. The Labute approximate surface area is 124 Å². The minimum Gasteiger partial charge on any atom is -0.395 e. The van der Waals surface area contributed by atoms with Gasteiger partial charge in [0.1, 0.15) is 0 Å². The first-order valence-corrected chi connectivity index (χ1v) is 8.63. The van der Waals surface area contributed by atoms with Gasteiger partial charge in [0.05, 0.1) is 13.2 Å². The molecule has 7 heteroatoms. The Hall–Kier alpha value is -0.0231. The van der Waals surface area contributed by atoms with Gasteiger partial charge in [0.15, 0.2) is 0 Å². The van der Waals surface area contributed by atoms with E-state index in [0.717, 1.165) is 19.4 Å². The summed E-state index contributed by atoms with van der Waals surface area (Å²) in [5.74, 6) is 0. The molecule has 0 rings (SSSR count). The van der Waals surface area contributed by atoms with Crippen LogP contribution in [0.2, 0.25) is 0 Å². The molecule has 0 aliphatic rings. The predicted molar refractivity (Wildman–Crippen MR) is 79.4 cm³/mol. The highest BCUT2D eigenvalue weighted by atomic mass is 28.3. The van der Waals surface area contributed by atoms with Crippen LogP contribution in [0.15, 0.2) is 0 Å². The summed E-state index contributed by atoms with van der Waals surface area (Å²) in [6.45, 7) is 9.36. The van der Waals surface area contributed by atoms with E-state index >= 15 is 0 Å². The SMILES string of the molecule is CCO[Si](OCC)OC(C)CCCN(CCO)CCO. The van der Waals surface area contributed by atoms with E-state index in [2.05, 4.69) is 0 Å². The van der Waals surface area contributed by atoms with Crippen LogP contribution in [0, 0.1) is 0 Å². The van der Waals surface area contributed by atoms with Crippen molar-refractivity contribution in [3.05, 3.63) is 0 Å². The lowest BCUT2D eigenvalue weighted by Gasteiger charge is -2.22. The van der Waals surface area contributed by atoms with Crippen molar-refractivity contribution in [2.75, 3.05) is 46.1 Å². The lowest BCUT2D eigenvalue weighted by atomic mass is 10.2. The molecule has 0 heterocycles. The first kappa shape index (κ1) is 20.0. The van der Waals surface area contributed by atoms with Gasteiger partial charge in [0, 0.05) is 32.4 Å². The summed E-state index contributed by atoms with van der Waals surface area (Å²) in [7, 11) is -1.61. The predicted octanol–water partition coefficient (Wildman–Crippen LogP) is 0.516. The molecule has 1 atom stereocenters. The smallest absolute Gasteiger partial charge is 0.395 e. The fraction of sp³-hybridized carbons (Fsp3) is 1.00. The Kier molecular flexibility index (Phi) is 13.9. The maximum absolute atomic E-state index is 8.93. The van der Waals surface area contributed by atoms with Crippen molar-refractivity contribution in [3.8, 4) is 0 Å². The van der Waals surface area contributed by atoms with Crippen LogP contribution in [-0.2, 0) is 13.3 Å². The van der Waals surface area contributed by atoms with Crippen molar-refractivity contribution in [1.29, 1.82) is 0 Å². The van der Waals surface area contributed by atoms with Gasteiger partial charge in [-0.25, -0.2) is 0 Å². The molecule has 121 valence electrons. The third-order valence-corrected chi connectivity index (χ3v) is 4.38. The summed E-state index contributed by atoms with van der Waals surface area (Å²) in [5, 5.41) is 17.9. The van der Waals surface area contributed by atoms with Gasteiger partial charge in [0.2, 0.25) is 0 Å². The molecule has 6 nitrogen and oxygen atoms in total. The van der Waals surface area contributed by atoms with Gasteiger partial charge in [-0.3, -0.25) is 4.90 Å². The zero-order valence-corrected chi connectivity index (χ0v) is 14.0. The highest BCUT2D eigenvalue weighted by Crippen LogP contribution is 2.06. The van der Waals surface area contributed by atoms with Crippen LogP contribution in [0.4, 0.5) is 0 Å². The fourth-order valence-corrected chi connectivity index (χ4v) is 2.93. The lowest BCUT2D eigenvalue weighted by Crippen LogP contribution is -2.33. The van der Waals surface area contributed by atoms with Crippen LogP contribution < -0.4 is 0 Å². The molecule has 1 unspecified atom stereocenters. The minimum atomic E-state index is -1.61. The van der Waals surface area contributed by atoms with Crippen LogP contribution in [0.25, 0.3) is 0 Å². The van der Waals surface area contributed by atoms with E-state index in [1.54, 1.807) is 0 Å². The Morgan fingerprint density at radius 2 is 1.55 bits per heavy atom. The van der Waals surface area contributed by atoms with Gasteiger partial charge in [-0.05, 0) is 40.2 Å². The van der Waals surface area contributed by atoms with Crippen molar-refractivity contribution in [1.82, 2.24) is 4.90 Å².